The molecule has 1 heterocycles. The Balaban J connectivity index is 1.89. The van der Waals surface area contributed by atoms with Crippen molar-refractivity contribution < 1.29 is 4.74 Å². The molecule has 118 valence electrons. The van der Waals surface area contributed by atoms with Crippen LogP contribution in [0.3, 0.4) is 0 Å². The van der Waals surface area contributed by atoms with Crippen molar-refractivity contribution in [3.63, 3.8) is 0 Å². The number of rotatable bonds is 4. The van der Waals surface area contributed by atoms with E-state index in [9.17, 15) is 0 Å². The molecule has 0 aromatic carbocycles. The Labute approximate surface area is 133 Å². The van der Waals surface area contributed by atoms with Crippen LogP contribution in [0.15, 0.2) is 36.7 Å². The zero-order chi connectivity index (χ0) is 15.8. The SMILES string of the molecule is CC(C)(C)OC[C@@H]1CC=CC=C1c1ccncc1C1(N)CC1. The van der Waals surface area contributed by atoms with Crippen molar-refractivity contribution in [2.75, 3.05) is 6.61 Å². The van der Waals surface area contributed by atoms with E-state index in [2.05, 4.69) is 50.0 Å². The van der Waals surface area contributed by atoms with Crippen molar-refractivity contribution >= 4 is 5.57 Å². The molecule has 0 saturated heterocycles. The summed E-state index contributed by atoms with van der Waals surface area (Å²) in [6.07, 6.45) is 13.5. The third-order valence-corrected chi connectivity index (χ3v) is 4.45. The van der Waals surface area contributed by atoms with Crippen LogP contribution in [0.5, 0.6) is 0 Å². The third kappa shape index (κ3) is 3.31. The minimum atomic E-state index is -0.166. The molecule has 1 aromatic heterocycles. The molecule has 0 amide bonds. The monoisotopic (exact) mass is 298 g/mol. The van der Waals surface area contributed by atoms with Gasteiger partial charge in [0.05, 0.1) is 12.2 Å². The smallest absolute Gasteiger partial charge is 0.0598 e. The van der Waals surface area contributed by atoms with Crippen molar-refractivity contribution in [1.29, 1.82) is 0 Å². The topological polar surface area (TPSA) is 48.1 Å². The number of nitrogens with two attached hydrogens (primary N) is 1. The molecule has 0 bridgehead atoms. The van der Waals surface area contributed by atoms with E-state index in [1.807, 2.05) is 12.4 Å². The Kier molecular flexibility index (Phi) is 3.96. The normalized spacial score (nSPS) is 23.3. The van der Waals surface area contributed by atoms with Gasteiger partial charge in [-0.15, -0.1) is 0 Å². The van der Waals surface area contributed by atoms with Crippen molar-refractivity contribution in [3.8, 4) is 0 Å². The number of hydrogen-bond acceptors (Lipinski definition) is 3. The van der Waals surface area contributed by atoms with E-state index < -0.39 is 0 Å². The molecule has 0 aliphatic heterocycles. The molecule has 22 heavy (non-hydrogen) atoms. The summed E-state index contributed by atoms with van der Waals surface area (Å²) >= 11 is 0. The highest BCUT2D eigenvalue weighted by molar-refractivity contribution is 5.73. The summed E-state index contributed by atoms with van der Waals surface area (Å²) in [4.78, 5) is 4.30. The summed E-state index contributed by atoms with van der Waals surface area (Å²) in [5, 5.41) is 0. The maximum atomic E-state index is 6.45. The Bertz CT molecular complexity index is 606. The van der Waals surface area contributed by atoms with Gasteiger partial charge in [0.15, 0.2) is 0 Å². The van der Waals surface area contributed by atoms with Crippen LogP contribution in [-0.2, 0) is 10.3 Å². The van der Waals surface area contributed by atoms with Crippen LogP contribution in [0.25, 0.3) is 5.57 Å². The van der Waals surface area contributed by atoms with Gasteiger partial charge in [0.25, 0.3) is 0 Å². The second-order valence-corrected chi connectivity index (χ2v) is 7.48. The minimum Gasteiger partial charge on any atom is -0.375 e. The van der Waals surface area contributed by atoms with Gasteiger partial charge in [-0.25, -0.2) is 0 Å². The summed E-state index contributed by atoms with van der Waals surface area (Å²) in [5.41, 5.74) is 9.95. The maximum absolute atomic E-state index is 6.45. The largest absolute Gasteiger partial charge is 0.375 e. The van der Waals surface area contributed by atoms with Gasteiger partial charge in [0.2, 0.25) is 0 Å². The summed E-state index contributed by atoms with van der Waals surface area (Å²) < 4.78 is 6.04. The van der Waals surface area contributed by atoms with E-state index in [4.69, 9.17) is 10.5 Å². The third-order valence-electron chi connectivity index (χ3n) is 4.45. The second-order valence-electron chi connectivity index (χ2n) is 7.48. The maximum Gasteiger partial charge on any atom is 0.0598 e. The predicted octanol–water partition coefficient (Wildman–Crippen LogP) is 3.80. The van der Waals surface area contributed by atoms with Crippen LogP contribution < -0.4 is 5.73 Å². The van der Waals surface area contributed by atoms with Gasteiger partial charge >= 0.3 is 0 Å². The van der Waals surface area contributed by atoms with E-state index in [0.29, 0.717) is 5.92 Å². The highest BCUT2D eigenvalue weighted by atomic mass is 16.5. The van der Waals surface area contributed by atoms with Crippen molar-refractivity contribution in [2.45, 2.75) is 51.2 Å². The summed E-state index contributed by atoms with van der Waals surface area (Å²) in [5.74, 6) is 0.382. The van der Waals surface area contributed by atoms with Crippen LogP contribution in [0.1, 0.15) is 51.2 Å². The van der Waals surface area contributed by atoms with Crippen molar-refractivity contribution in [1.82, 2.24) is 4.98 Å². The lowest BCUT2D eigenvalue weighted by molar-refractivity contribution is -0.0136. The van der Waals surface area contributed by atoms with E-state index in [1.54, 1.807) is 0 Å². The Hall–Kier alpha value is -1.45. The fraction of sp³-hybridized carbons (Fsp3) is 0.526. The van der Waals surface area contributed by atoms with Crippen LogP contribution in [0, 0.1) is 5.92 Å². The average molecular weight is 298 g/mol. The molecule has 1 fully saturated rings. The number of nitrogens with zero attached hydrogens (tertiary/aromatic N) is 1. The lowest BCUT2D eigenvalue weighted by Crippen LogP contribution is -2.26. The Morgan fingerprint density at radius 3 is 2.82 bits per heavy atom. The lowest BCUT2D eigenvalue weighted by atomic mass is 9.84. The average Bonchev–Trinajstić information content (AvgIpc) is 3.24. The molecular formula is C19H26N2O. The minimum absolute atomic E-state index is 0.112. The van der Waals surface area contributed by atoms with E-state index >= 15 is 0 Å². The number of ether oxygens (including phenoxy) is 1. The fourth-order valence-electron chi connectivity index (χ4n) is 2.94. The molecule has 0 unspecified atom stereocenters. The second kappa shape index (κ2) is 5.64. The van der Waals surface area contributed by atoms with Crippen LogP contribution in [0.4, 0.5) is 0 Å². The Morgan fingerprint density at radius 1 is 1.36 bits per heavy atom. The molecule has 2 N–H and O–H groups in total. The van der Waals surface area contributed by atoms with E-state index in [1.165, 1.54) is 16.7 Å². The van der Waals surface area contributed by atoms with Crippen LogP contribution >= 0.6 is 0 Å². The Morgan fingerprint density at radius 2 is 2.14 bits per heavy atom. The van der Waals surface area contributed by atoms with Gasteiger partial charge in [0, 0.05) is 23.9 Å². The van der Waals surface area contributed by atoms with E-state index in [0.717, 1.165) is 25.9 Å². The molecule has 3 heteroatoms. The first kappa shape index (κ1) is 15.4. The van der Waals surface area contributed by atoms with Gasteiger partial charge in [0.1, 0.15) is 0 Å². The summed E-state index contributed by atoms with van der Waals surface area (Å²) in [6, 6.07) is 2.11. The highest BCUT2D eigenvalue weighted by Crippen LogP contribution is 2.46. The fourth-order valence-corrected chi connectivity index (χ4v) is 2.94. The number of hydrogen-bond donors (Lipinski definition) is 1. The van der Waals surface area contributed by atoms with Gasteiger partial charge < -0.3 is 10.5 Å². The zero-order valence-corrected chi connectivity index (χ0v) is 13.8. The van der Waals surface area contributed by atoms with Crippen LogP contribution in [0.2, 0.25) is 0 Å². The molecule has 0 radical (unpaired) electrons. The van der Waals surface area contributed by atoms with E-state index in [-0.39, 0.29) is 11.1 Å². The molecule has 0 spiro atoms. The highest BCUT2D eigenvalue weighted by Gasteiger charge is 2.42. The lowest BCUT2D eigenvalue weighted by Gasteiger charge is -2.28. The number of pyridine rings is 1. The molecule has 3 rings (SSSR count). The number of allylic oxidation sites excluding steroid dienone is 3. The molecule has 2 aliphatic carbocycles. The number of aromatic nitrogens is 1. The molecule has 3 nitrogen and oxygen atoms in total. The standard InChI is InChI=1S/C19H26N2O/c1-18(2,3)22-13-14-6-4-5-7-15(14)16-8-11-21-12-17(16)19(20)9-10-19/h4-5,7-8,11-12,14H,6,9-10,13,20H2,1-3H3/t14-/m0/s1. The quantitative estimate of drug-likeness (QED) is 0.919. The van der Waals surface area contributed by atoms with Crippen molar-refractivity contribution in [2.24, 2.45) is 11.7 Å². The predicted molar refractivity (Wildman–Crippen MR) is 90.3 cm³/mol. The first-order valence-corrected chi connectivity index (χ1v) is 8.13. The molecule has 1 atom stereocenters. The van der Waals surface area contributed by atoms with Gasteiger partial charge in [-0.05, 0) is 62.8 Å². The molecule has 1 aromatic rings. The molecule has 1 saturated carbocycles. The van der Waals surface area contributed by atoms with Crippen LogP contribution in [-0.4, -0.2) is 17.2 Å². The first-order valence-electron chi connectivity index (χ1n) is 8.13. The van der Waals surface area contributed by atoms with Gasteiger partial charge in [-0.1, -0.05) is 18.2 Å². The van der Waals surface area contributed by atoms with Gasteiger partial charge in [-0.2, -0.15) is 0 Å². The van der Waals surface area contributed by atoms with Gasteiger partial charge in [-0.3, -0.25) is 4.98 Å². The summed E-state index contributed by atoms with van der Waals surface area (Å²) in [6.45, 7) is 7.04. The summed E-state index contributed by atoms with van der Waals surface area (Å²) in [7, 11) is 0. The first-order chi connectivity index (χ1) is 10.4. The zero-order valence-electron chi connectivity index (χ0n) is 13.8. The molecular weight excluding hydrogens is 272 g/mol. The molecule has 2 aliphatic rings. The van der Waals surface area contributed by atoms with Crippen molar-refractivity contribution in [3.05, 3.63) is 47.8 Å².